The first kappa shape index (κ1) is 18.1. The van der Waals surface area contributed by atoms with E-state index in [-0.39, 0.29) is 22.8 Å². The molecule has 2 atom stereocenters. The third-order valence-electron chi connectivity index (χ3n) is 3.69. The van der Waals surface area contributed by atoms with Gasteiger partial charge in [0, 0.05) is 25.1 Å². The number of benzene rings is 1. The minimum Gasteiger partial charge on any atom is -0.325 e. The molecule has 1 aromatic rings. The maximum absolute atomic E-state index is 14.2. The van der Waals surface area contributed by atoms with Gasteiger partial charge in [-0.1, -0.05) is 11.6 Å². The van der Waals surface area contributed by atoms with Crippen LogP contribution in [-0.2, 0) is 14.8 Å². The van der Waals surface area contributed by atoms with Crippen molar-refractivity contribution in [3.63, 3.8) is 0 Å². The highest BCUT2D eigenvalue weighted by Crippen LogP contribution is 2.28. The molecule has 0 spiro atoms. The number of carbonyl (C=O) groups is 1. The van der Waals surface area contributed by atoms with Crippen molar-refractivity contribution >= 4 is 33.2 Å². The van der Waals surface area contributed by atoms with E-state index in [9.17, 15) is 17.6 Å². The Morgan fingerprint density at radius 1 is 1.43 bits per heavy atom. The number of hydrogen-bond donors (Lipinski definition) is 3. The number of anilines is 1. The first-order valence-electron chi connectivity index (χ1n) is 7.23. The maximum atomic E-state index is 14.2. The van der Waals surface area contributed by atoms with E-state index in [2.05, 4.69) is 15.4 Å². The standard InChI is InChI=1S/C14H19ClFN3O3S/c1-8-12(4-3-5-17-8)19-23(21,22)14-6-10(15)13(7-11(14)16)18-9(2)20/h6-8,12,17,19H,3-5H2,1-2H3,(H,18,20). The molecule has 0 aromatic heterocycles. The summed E-state index contributed by atoms with van der Waals surface area (Å²) in [6.45, 7) is 3.94. The van der Waals surface area contributed by atoms with Gasteiger partial charge in [-0.2, -0.15) is 0 Å². The Morgan fingerprint density at radius 3 is 2.74 bits per heavy atom. The van der Waals surface area contributed by atoms with Crippen LogP contribution in [0.1, 0.15) is 26.7 Å². The molecular formula is C14H19ClFN3O3S. The molecule has 1 aromatic carbocycles. The van der Waals surface area contributed by atoms with E-state index in [0.29, 0.717) is 6.42 Å². The summed E-state index contributed by atoms with van der Waals surface area (Å²) in [6, 6.07) is 1.55. The Hall–Kier alpha value is -1.22. The van der Waals surface area contributed by atoms with E-state index in [4.69, 9.17) is 11.6 Å². The molecule has 9 heteroatoms. The molecule has 1 aliphatic heterocycles. The van der Waals surface area contributed by atoms with Crippen LogP contribution in [0.15, 0.2) is 17.0 Å². The molecule has 2 unspecified atom stereocenters. The van der Waals surface area contributed by atoms with Gasteiger partial charge in [-0.15, -0.1) is 0 Å². The zero-order chi connectivity index (χ0) is 17.2. The Bertz CT molecular complexity index is 711. The largest absolute Gasteiger partial charge is 0.325 e. The van der Waals surface area contributed by atoms with E-state index in [1.807, 2.05) is 6.92 Å². The van der Waals surface area contributed by atoms with E-state index in [1.54, 1.807) is 0 Å². The summed E-state index contributed by atoms with van der Waals surface area (Å²) >= 11 is 5.94. The van der Waals surface area contributed by atoms with Gasteiger partial charge in [-0.25, -0.2) is 17.5 Å². The van der Waals surface area contributed by atoms with Gasteiger partial charge in [-0.3, -0.25) is 4.79 Å². The van der Waals surface area contributed by atoms with Crippen LogP contribution >= 0.6 is 11.6 Å². The lowest BCUT2D eigenvalue weighted by Gasteiger charge is -2.30. The summed E-state index contributed by atoms with van der Waals surface area (Å²) in [6.07, 6.45) is 1.51. The fourth-order valence-electron chi connectivity index (χ4n) is 2.49. The molecule has 0 radical (unpaired) electrons. The van der Waals surface area contributed by atoms with Crippen LogP contribution in [0.3, 0.4) is 0 Å². The third kappa shape index (κ3) is 4.41. The topological polar surface area (TPSA) is 87.3 Å². The zero-order valence-electron chi connectivity index (χ0n) is 12.8. The third-order valence-corrected chi connectivity index (χ3v) is 5.51. The van der Waals surface area contributed by atoms with E-state index >= 15 is 0 Å². The van der Waals surface area contributed by atoms with Crippen LogP contribution < -0.4 is 15.4 Å². The van der Waals surface area contributed by atoms with Crippen LogP contribution in [0, 0.1) is 5.82 Å². The molecule has 128 valence electrons. The number of nitrogens with one attached hydrogen (secondary N) is 3. The van der Waals surface area contributed by atoms with E-state index < -0.39 is 26.6 Å². The van der Waals surface area contributed by atoms with Gasteiger partial charge in [0.1, 0.15) is 10.7 Å². The summed E-state index contributed by atoms with van der Waals surface area (Å²) in [7, 11) is -4.05. The van der Waals surface area contributed by atoms with Gasteiger partial charge < -0.3 is 10.6 Å². The molecule has 2 rings (SSSR count). The average molecular weight is 364 g/mol. The highest BCUT2D eigenvalue weighted by Gasteiger charge is 2.29. The highest BCUT2D eigenvalue weighted by molar-refractivity contribution is 7.89. The minimum atomic E-state index is -4.05. The fourth-order valence-corrected chi connectivity index (χ4v) is 4.20. The van der Waals surface area contributed by atoms with Gasteiger partial charge in [0.2, 0.25) is 15.9 Å². The van der Waals surface area contributed by atoms with E-state index in [0.717, 1.165) is 25.1 Å². The molecule has 0 bridgehead atoms. The molecule has 1 heterocycles. The number of sulfonamides is 1. The lowest BCUT2D eigenvalue weighted by Crippen LogP contribution is -2.51. The van der Waals surface area contributed by atoms with Crippen molar-refractivity contribution in [2.24, 2.45) is 0 Å². The van der Waals surface area contributed by atoms with Gasteiger partial charge >= 0.3 is 0 Å². The number of halogens is 2. The van der Waals surface area contributed by atoms with Crippen molar-refractivity contribution in [1.29, 1.82) is 0 Å². The second-order valence-corrected chi connectivity index (χ2v) is 7.65. The molecule has 1 aliphatic rings. The predicted octanol–water partition coefficient (Wildman–Crippen LogP) is 1.86. The molecule has 0 aliphatic carbocycles. The first-order chi connectivity index (χ1) is 10.7. The number of piperidine rings is 1. The Labute approximate surface area is 139 Å². The van der Waals surface area contributed by atoms with Gasteiger partial charge in [-0.05, 0) is 32.4 Å². The monoisotopic (exact) mass is 363 g/mol. The molecule has 23 heavy (non-hydrogen) atoms. The van der Waals surface area contributed by atoms with Gasteiger partial charge in [0.05, 0.1) is 10.7 Å². The van der Waals surface area contributed by atoms with Crippen molar-refractivity contribution in [2.45, 2.75) is 43.7 Å². The van der Waals surface area contributed by atoms with E-state index in [1.165, 1.54) is 6.92 Å². The second-order valence-electron chi connectivity index (χ2n) is 5.56. The highest BCUT2D eigenvalue weighted by atomic mass is 35.5. The molecule has 1 amide bonds. The van der Waals surface area contributed by atoms with Crippen LogP contribution in [0.2, 0.25) is 5.02 Å². The molecule has 3 N–H and O–H groups in total. The maximum Gasteiger partial charge on any atom is 0.243 e. The lowest BCUT2D eigenvalue weighted by atomic mass is 10.0. The zero-order valence-corrected chi connectivity index (χ0v) is 14.4. The van der Waals surface area contributed by atoms with Crippen LogP contribution in [0.5, 0.6) is 0 Å². The second kappa shape index (κ2) is 7.12. The molecule has 1 fully saturated rings. The Balaban J connectivity index is 2.29. The molecule has 1 saturated heterocycles. The normalized spacial score (nSPS) is 21.9. The minimum absolute atomic E-state index is 0.0308. The van der Waals surface area contributed by atoms with Gasteiger partial charge in [0.25, 0.3) is 0 Å². The van der Waals surface area contributed by atoms with Crippen molar-refractivity contribution < 1.29 is 17.6 Å². The summed E-state index contributed by atoms with van der Waals surface area (Å²) in [5, 5.41) is 5.47. The fraction of sp³-hybridized carbons (Fsp3) is 0.500. The SMILES string of the molecule is CC(=O)Nc1cc(F)c(S(=O)(=O)NC2CCCNC2C)cc1Cl. The summed E-state index contributed by atoms with van der Waals surface area (Å²) in [4.78, 5) is 10.5. The Morgan fingerprint density at radius 2 is 2.13 bits per heavy atom. The number of carbonyl (C=O) groups excluding carboxylic acids is 1. The predicted molar refractivity (Wildman–Crippen MR) is 86.5 cm³/mol. The van der Waals surface area contributed by atoms with Gasteiger partial charge in [0.15, 0.2) is 0 Å². The molecule has 6 nitrogen and oxygen atoms in total. The van der Waals surface area contributed by atoms with Crippen LogP contribution in [0.4, 0.5) is 10.1 Å². The summed E-state index contributed by atoms with van der Waals surface area (Å²) in [5.41, 5.74) is 0.0308. The van der Waals surface area contributed by atoms with Crippen LogP contribution in [-0.4, -0.2) is 33.0 Å². The van der Waals surface area contributed by atoms with Crippen molar-refractivity contribution in [3.05, 3.63) is 23.0 Å². The Kier molecular flexibility index (Phi) is 5.61. The molecule has 0 saturated carbocycles. The number of rotatable bonds is 4. The first-order valence-corrected chi connectivity index (χ1v) is 9.09. The number of amides is 1. The smallest absolute Gasteiger partial charge is 0.243 e. The van der Waals surface area contributed by atoms with Crippen LogP contribution in [0.25, 0.3) is 0 Å². The quantitative estimate of drug-likeness (QED) is 0.762. The average Bonchev–Trinajstić information content (AvgIpc) is 2.44. The number of hydrogen-bond acceptors (Lipinski definition) is 4. The van der Waals surface area contributed by atoms with Crippen molar-refractivity contribution in [1.82, 2.24) is 10.0 Å². The summed E-state index contributed by atoms with van der Waals surface area (Å²) < 4.78 is 41.6. The lowest BCUT2D eigenvalue weighted by molar-refractivity contribution is -0.114. The van der Waals surface area contributed by atoms with Crippen molar-refractivity contribution in [3.8, 4) is 0 Å². The summed E-state index contributed by atoms with van der Waals surface area (Å²) in [5.74, 6) is -1.40. The van der Waals surface area contributed by atoms with Crippen molar-refractivity contribution in [2.75, 3.05) is 11.9 Å². The molecular weight excluding hydrogens is 345 g/mol.